The molecule has 2 rings (SSSR count). The maximum absolute atomic E-state index is 3.91. The van der Waals surface area contributed by atoms with Gasteiger partial charge in [0.05, 0.1) is 0 Å². The molecule has 0 aromatic heterocycles. The third kappa shape index (κ3) is 4.62. The molecule has 1 aliphatic rings. The highest BCUT2D eigenvalue weighted by Crippen LogP contribution is 2.44. The van der Waals surface area contributed by atoms with Crippen molar-refractivity contribution in [3.8, 4) is 0 Å². The lowest BCUT2D eigenvalue weighted by molar-refractivity contribution is 0.465. The highest BCUT2D eigenvalue weighted by atomic mass is 79.9. The van der Waals surface area contributed by atoms with E-state index in [1.807, 2.05) is 0 Å². The number of alkyl halides is 1. The van der Waals surface area contributed by atoms with Crippen molar-refractivity contribution in [2.24, 2.45) is 5.92 Å². The molecule has 0 nitrogen and oxygen atoms in total. The molecule has 0 saturated heterocycles. The summed E-state index contributed by atoms with van der Waals surface area (Å²) < 4.78 is 0. The first-order valence-electron chi connectivity index (χ1n) is 8.54. The van der Waals surface area contributed by atoms with Crippen LogP contribution in [0.4, 0.5) is 0 Å². The Balaban J connectivity index is 1.58. The van der Waals surface area contributed by atoms with E-state index < -0.39 is 0 Å². The van der Waals surface area contributed by atoms with E-state index in [1.165, 1.54) is 69.8 Å². The molecule has 1 aromatic rings. The van der Waals surface area contributed by atoms with Gasteiger partial charge in [0.15, 0.2) is 0 Å². The third-order valence-electron chi connectivity index (χ3n) is 4.68. The molecule has 0 fully saturated rings. The molecule has 112 valence electrons. The van der Waals surface area contributed by atoms with Crippen LogP contribution in [0, 0.1) is 5.92 Å². The zero-order valence-corrected chi connectivity index (χ0v) is 14.5. The number of halogens is 1. The summed E-state index contributed by atoms with van der Waals surface area (Å²) in [6.07, 6.45) is 14.1. The lowest BCUT2D eigenvalue weighted by Gasteiger charge is -2.14. The van der Waals surface area contributed by atoms with Crippen LogP contribution in [-0.2, 0) is 6.42 Å². The average molecular weight is 337 g/mol. The van der Waals surface area contributed by atoms with Gasteiger partial charge in [0.1, 0.15) is 0 Å². The van der Waals surface area contributed by atoms with E-state index in [9.17, 15) is 0 Å². The van der Waals surface area contributed by atoms with Crippen molar-refractivity contribution >= 4 is 15.9 Å². The van der Waals surface area contributed by atoms with Crippen LogP contribution in [-0.4, -0.2) is 0 Å². The summed E-state index contributed by atoms with van der Waals surface area (Å²) in [6.45, 7) is 2.29. The predicted molar refractivity (Wildman–Crippen MR) is 92.5 cm³/mol. The van der Waals surface area contributed by atoms with Crippen molar-refractivity contribution in [1.82, 2.24) is 0 Å². The molecule has 0 spiro atoms. The number of benzene rings is 1. The SMILES string of the molecule is CCCCCCCCCCC1Cc2ccccc2C1Br. The molecule has 0 amide bonds. The van der Waals surface area contributed by atoms with Crippen molar-refractivity contribution in [3.63, 3.8) is 0 Å². The van der Waals surface area contributed by atoms with Gasteiger partial charge in [-0.1, -0.05) is 98.5 Å². The van der Waals surface area contributed by atoms with Gasteiger partial charge < -0.3 is 0 Å². The molecule has 0 aliphatic heterocycles. The van der Waals surface area contributed by atoms with Crippen LogP contribution >= 0.6 is 15.9 Å². The van der Waals surface area contributed by atoms with E-state index in [1.54, 1.807) is 5.56 Å². The van der Waals surface area contributed by atoms with Gasteiger partial charge in [-0.25, -0.2) is 0 Å². The number of unbranched alkanes of at least 4 members (excludes halogenated alkanes) is 7. The minimum Gasteiger partial charge on any atom is -0.0836 e. The second-order valence-electron chi connectivity index (χ2n) is 6.33. The number of hydrogen-bond acceptors (Lipinski definition) is 0. The summed E-state index contributed by atoms with van der Waals surface area (Å²) in [6, 6.07) is 8.95. The van der Waals surface area contributed by atoms with Gasteiger partial charge in [0.2, 0.25) is 0 Å². The van der Waals surface area contributed by atoms with E-state index in [0.29, 0.717) is 4.83 Å². The van der Waals surface area contributed by atoms with Gasteiger partial charge in [-0.15, -0.1) is 0 Å². The maximum atomic E-state index is 3.91. The molecule has 0 N–H and O–H groups in total. The number of rotatable bonds is 9. The van der Waals surface area contributed by atoms with Crippen molar-refractivity contribution in [2.45, 2.75) is 76.0 Å². The molecule has 0 bridgehead atoms. The van der Waals surface area contributed by atoms with Gasteiger partial charge in [-0.05, 0) is 29.9 Å². The van der Waals surface area contributed by atoms with Crippen LogP contribution < -0.4 is 0 Å². The molecule has 2 atom stereocenters. The second-order valence-corrected chi connectivity index (χ2v) is 7.31. The fourth-order valence-corrected chi connectivity index (χ4v) is 4.32. The van der Waals surface area contributed by atoms with Gasteiger partial charge in [-0.3, -0.25) is 0 Å². The van der Waals surface area contributed by atoms with Crippen LogP contribution in [0.5, 0.6) is 0 Å². The Hall–Kier alpha value is -0.300. The van der Waals surface area contributed by atoms with Gasteiger partial charge in [-0.2, -0.15) is 0 Å². The van der Waals surface area contributed by atoms with E-state index in [0.717, 1.165) is 5.92 Å². The Kier molecular flexibility index (Phi) is 7.13. The second kappa shape index (κ2) is 8.87. The molecule has 0 heterocycles. The molecule has 0 radical (unpaired) electrons. The summed E-state index contributed by atoms with van der Waals surface area (Å²) in [7, 11) is 0. The van der Waals surface area contributed by atoms with E-state index in [-0.39, 0.29) is 0 Å². The highest BCUT2D eigenvalue weighted by molar-refractivity contribution is 9.09. The fourth-order valence-electron chi connectivity index (χ4n) is 3.42. The quantitative estimate of drug-likeness (QED) is 0.342. The normalized spacial score (nSPS) is 21.1. The first kappa shape index (κ1) is 16.1. The Morgan fingerprint density at radius 2 is 1.60 bits per heavy atom. The van der Waals surface area contributed by atoms with Crippen molar-refractivity contribution < 1.29 is 0 Å². The maximum Gasteiger partial charge on any atom is 0.0429 e. The molecule has 1 heteroatoms. The molecule has 0 saturated carbocycles. The average Bonchev–Trinajstić information content (AvgIpc) is 2.79. The summed E-state index contributed by atoms with van der Waals surface area (Å²) in [4.78, 5) is 0.600. The zero-order valence-electron chi connectivity index (χ0n) is 12.9. The zero-order chi connectivity index (χ0) is 14.2. The Labute approximate surface area is 133 Å². The van der Waals surface area contributed by atoms with Gasteiger partial charge >= 0.3 is 0 Å². The lowest BCUT2D eigenvalue weighted by Crippen LogP contribution is -2.02. The van der Waals surface area contributed by atoms with E-state index >= 15 is 0 Å². The first-order valence-corrected chi connectivity index (χ1v) is 9.46. The summed E-state index contributed by atoms with van der Waals surface area (Å²) >= 11 is 3.91. The minimum atomic E-state index is 0.600. The van der Waals surface area contributed by atoms with Crippen LogP contribution in [0.2, 0.25) is 0 Å². The monoisotopic (exact) mass is 336 g/mol. The van der Waals surface area contributed by atoms with Gasteiger partial charge in [0, 0.05) is 4.83 Å². The topological polar surface area (TPSA) is 0 Å². The van der Waals surface area contributed by atoms with Crippen molar-refractivity contribution in [3.05, 3.63) is 35.4 Å². The lowest BCUT2D eigenvalue weighted by atomic mass is 9.97. The summed E-state index contributed by atoms with van der Waals surface area (Å²) in [5.41, 5.74) is 3.11. The molecule has 2 unspecified atom stereocenters. The van der Waals surface area contributed by atoms with Gasteiger partial charge in [0.25, 0.3) is 0 Å². The fraction of sp³-hybridized carbons (Fsp3) is 0.684. The summed E-state index contributed by atoms with van der Waals surface area (Å²) in [5.74, 6) is 0.826. The minimum absolute atomic E-state index is 0.600. The number of hydrogen-bond donors (Lipinski definition) is 0. The number of fused-ring (bicyclic) bond motifs is 1. The predicted octanol–water partition coefficient (Wildman–Crippen LogP) is 6.83. The highest BCUT2D eigenvalue weighted by Gasteiger charge is 2.29. The molecular weight excluding hydrogens is 308 g/mol. The van der Waals surface area contributed by atoms with Crippen LogP contribution in [0.25, 0.3) is 0 Å². The van der Waals surface area contributed by atoms with Crippen LogP contribution in [0.3, 0.4) is 0 Å². The Bertz CT molecular complexity index is 385. The first-order chi connectivity index (χ1) is 9.83. The van der Waals surface area contributed by atoms with Crippen molar-refractivity contribution in [2.75, 3.05) is 0 Å². The standard InChI is InChI=1S/C19H29Br/c1-2-3-4-5-6-7-8-9-13-17-15-16-12-10-11-14-18(16)19(17)20/h10-12,14,17,19H,2-9,13,15H2,1H3. The van der Waals surface area contributed by atoms with E-state index in [4.69, 9.17) is 0 Å². The summed E-state index contributed by atoms with van der Waals surface area (Å²) in [5, 5.41) is 0. The smallest absolute Gasteiger partial charge is 0.0429 e. The Morgan fingerprint density at radius 1 is 0.950 bits per heavy atom. The molecule has 20 heavy (non-hydrogen) atoms. The third-order valence-corrected chi connectivity index (χ3v) is 5.92. The Morgan fingerprint density at radius 3 is 2.30 bits per heavy atom. The van der Waals surface area contributed by atoms with E-state index in [2.05, 4.69) is 47.1 Å². The van der Waals surface area contributed by atoms with Crippen molar-refractivity contribution in [1.29, 1.82) is 0 Å². The van der Waals surface area contributed by atoms with Crippen LogP contribution in [0.1, 0.15) is 80.7 Å². The largest absolute Gasteiger partial charge is 0.0836 e. The molecular formula is C19H29Br. The molecule has 1 aromatic carbocycles. The van der Waals surface area contributed by atoms with Crippen LogP contribution in [0.15, 0.2) is 24.3 Å². The molecule has 1 aliphatic carbocycles.